The van der Waals surface area contributed by atoms with Crippen LogP contribution in [0.3, 0.4) is 0 Å². The van der Waals surface area contributed by atoms with Crippen molar-refractivity contribution in [2.45, 2.75) is 24.9 Å². The first-order valence-corrected chi connectivity index (χ1v) is 6.48. The Balaban J connectivity index is 1.90. The Bertz CT molecular complexity index is 461. The minimum Gasteiger partial charge on any atom is -0.496 e. The maximum atomic E-state index is 12.5. The minimum atomic E-state index is -0.254. The van der Waals surface area contributed by atoms with Crippen molar-refractivity contribution < 1.29 is 9.53 Å². The van der Waals surface area contributed by atoms with Crippen molar-refractivity contribution in [3.05, 3.63) is 29.8 Å². The molecule has 4 nitrogen and oxygen atoms in total. The van der Waals surface area contributed by atoms with Crippen LogP contribution in [-0.4, -0.2) is 37.0 Å². The smallest absolute Gasteiger partial charge is 0.244 e. The van der Waals surface area contributed by atoms with Gasteiger partial charge in [-0.15, -0.1) is 0 Å². The predicted molar refractivity (Wildman–Crippen MR) is 68.5 cm³/mol. The maximum absolute atomic E-state index is 12.5. The number of benzene rings is 1. The van der Waals surface area contributed by atoms with Gasteiger partial charge < -0.3 is 9.64 Å². The molecule has 1 N–H and O–H groups in total. The normalized spacial score (nSPS) is 27.2. The summed E-state index contributed by atoms with van der Waals surface area (Å²) in [5.74, 6) is 0.967. The third kappa shape index (κ3) is 1.77. The highest BCUT2D eigenvalue weighted by Gasteiger charge is 2.39. The van der Waals surface area contributed by atoms with E-state index in [2.05, 4.69) is 5.32 Å². The molecular formula is C14H18N2O2. The quantitative estimate of drug-likeness (QED) is 0.856. The van der Waals surface area contributed by atoms with E-state index in [1.165, 1.54) is 0 Å². The Morgan fingerprint density at radius 1 is 1.39 bits per heavy atom. The van der Waals surface area contributed by atoms with E-state index < -0.39 is 0 Å². The molecule has 0 spiro atoms. The first-order chi connectivity index (χ1) is 8.81. The monoisotopic (exact) mass is 246 g/mol. The number of nitrogens with zero attached hydrogens (tertiary/aromatic N) is 1. The molecule has 3 rings (SSSR count). The van der Waals surface area contributed by atoms with E-state index in [-0.39, 0.29) is 11.9 Å². The SMILES string of the molecule is COc1ccccc1C1NCC2CCCN2C1=O. The number of hydrogen-bond donors (Lipinski definition) is 1. The zero-order valence-electron chi connectivity index (χ0n) is 10.6. The van der Waals surface area contributed by atoms with Crippen LogP contribution in [0.15, 0.2) is 24.3 Å². The number of nitrogens with one attached hydrogen (secondary N) is 1. The molecule has 2 saturated heterocycles. The number of rotatable bonds is 2. The highest BCUT2D eigenvalue weighted by molar-refractivity contribution is 5.85. The number of piperazine rings is 1. The molecule has 2 aliphatic rings. The molecule has 1 amide bonds. The van der Waals surface area contributed by atoms with Gasteiger partial charge in [-0.25, -0.2) is 0 Å². The fourth-order valence-corrected chi connectivity index (χ4v) is 2.99. The van der Waals surface area contributed by atoms with Crippen molar-refractivity contribution in [2.75, 3.05) is 20.2 Å². The van der Waals surface area contributed by atoms with Crippen molar-refractivity contribution in [3.63, 3.8) is 0 Å². The summed E-state index contributed by atoms with van der Waals surface area (Å²) in [7, 11) is 1.64. The van der Waals surface area contributed by atoms with Gasteiger partial charge in [0.25, 0.3) is 0 Å². The third-order valence-electron chi connectivity index (χ3n) is 3.91. The molecule has 2 unspecified atom stereocenters. The number of amides is 1. The Morgan fingerprint density at radius 3 is 3.06 bits per heavy atom. The van der Waals surface area contributed by atoms with Gasteiger partial charge in [0.15, 0.2) is 0 Å². The summed E-state index contributed by atoms with van der Waals surface area (Å²) in [6, 6.07) is 7.88. The largest absolute Gasteiger partial charge is 0.496 e. The molecule has 0 aliphatic carbocycles. The number of para-hydroxylation sites is 1. The zero-order chi connectivity index (χ0) is 12.5. The van der Waals surface area contributed by atoms with E-state index in [1.54, 1.807) is 7.11 Å². The van der Waals surface area contributed by atoms with E-state index in [1.807, 2.05) is 29.2 Å². The maximum Gasteiger partial charge on any atom is 0.244 e. The third-order valence-corrected chi connectivity index (χ3v) is 3.91. The average molecular weight is 246 g/mol. The number of hydrogen-bond acceptors (Lipinski definition) is 3. The van der Waals surface area contributed by atoms with Crippen molar-refractivity contribution in [2.24, 2.45) is 0 Å². The van der Waals surface area contributed by atoms with Crippen LogP contribution in [0.4, 0.5) is 0 Å². The van der Waals surface area contributed by atoms with Crippen molar-refractivity contribution >= 4 is 5.91 Å². The van der Waals surface area contributed by atoms with Crippen molar-refractivity contribution in [3.8, 4) is 5.75 Å². The molecule has 96 valence electrons. The van der Waals surface area contributed by atoms with Crippen LogP contribution in [0.5, 0.6) is 5.75 Å². The van der Waals surface area contributed by atoms with E-state index in [0.29, 0.717) is 6.04 Å². The number of ether oxygens (including phenoxy) is 1. The van der Waals surface area contributed by atoms with Gasteiger partial charge in [0.1, 0.15) is 11.8 Å². The van der Waals surface area contributed by atoms with E-state index >= 15 is 0 Å². The van der Waals surface area contributed by atoms with E-state index in [9.17, 15) is 4.79 Å². The van der Waals surface area contributed by atoms with Crippen LogP contribution < -0.4 is 10.1 Å². The number of methoxy groups -OCH3 is 1. The highest BCUT2D eigenvalue weighted by Crippen LogP contribution is 2.31. The summed E-state index contributed by atoms with van der Waals surface area (Å²) in [5.41, 5.74) is 0.940. The van der Waals surface area contributed by atoms with E-state index in [4.69, 9.17) is 4.74 Å². The van der Waals surface area contributed by atoms with Gasteiger partial charge in [0, 0.05) is 24.7 Å². The Morgan fingerprint density at radius 2 is 2.22 bits per heavy atom. The summed E-state index contributed by atoms with van der Waals surface area (Å²) in [5, 5.41) is 3.36. The molecule has 1 aromatic rings. The summed E-state index contributed by atoms with van der Waals surface area (Å²) >= 11 is 0. The van der Waals surface area contributed by atoms with Gasteiger partial charge in [-0.3, -0.25) is 10.1 Å². The molecule has 0 aromatic heterocycles. The lowest BCUT2D eigenvalue weighted by Crippen LogP contribution is -2.53. The molecule has 0 radical (unpaired) electrons. The molecule has 4 heteroatoms. The molecule has 2 heterocycles. The van der Waals surface area contributed by atoms with Crippen LogP contribution in [0.2, 0.25) is 0 Å². The number of carbonyl (C=O) groups is 1. The Kier molecular flexibility index (Phi) is 2.96. The fourth-order valence-electron chi connectivity index (χ4n) is 2.99. The summed E-state index contributed by atoms with van der Waals surface area (Å²) in [4.78, 5) is 14.5. The van der Waals surface area contributed by atoms with Crippen molar-refractivity contribution in [1.29, 1.82) is 0 Å². The molecule has 2 atom stereocenters. The Labute approximate surface area is 107 Å². The lowest BCUT2D eigenvalue weighted by molar-refractivity contribution is -0.137. The van der Waals surface area contributed by atoms with Gasteiger partial charge in [-0.1, -0.05) is 18.2 Å². The average Bonchev–Trinajstić information content (AvgIpc) is 2.88. The molecular weight excluding hydrogens is 228 g/mol. The van der Waals surface area contributed by atoms with Crippen LogP contribution in [0.1, 0.15) is 24.4 Å². The summed E-state index contributed by atoms with van der Waals surface area (Å²) in [6.07, 6.45) is 2.24. The number of fused-ring (bicyclic) bond motifs is 1. The van der Waals surface area contributed by atoms with Crippen molar-refractivity contribution in [1.82, 2.24) is 10.2 Å². The van der Waals surface area contributed by atoms with Gasteiger partial charge in [-0.2, -0.15) is 0 Å². The topological polar surface area (TPSA) is 41.6 Å². The lowest BCUT2D eigenvalue weighted by atomic mass is 10.0. The first-order valence-electron chi connectivity index (χ1n) is 6.48. The van der Waals surface area contributed by atoms with E-state index in [0.717, 1.165) is 37.2 Å². The van der Waals surface area contributed by atoms with Gasteiger partial charge in [-0.05, 0) is 18.9 Å². The van der Waals surface area contributed by atoms with Gasteiger partial charge in [0.2, 0.25) is 5.91 Å². The molecule has 1 aromatic carbocycles. The second kappa shape index (κ2) is 4.61. The fraction of sp³-hybridized carbons (Fsp3) is 0.500. The van der Waals surface area contributed by atoms with Crippen LogP contribution in [-0.2, 0) is 4.79 Å². The second-order valence-corrected chi connectivity index (χ2v) is 4.91. The molecule has 18 heavy (non-hydrogen) atoms. The van der Waals surface area contributed by atoms with Gasteiger partial charge in [0.05, 0.1) is 7.11 Å². The molecule has 0 saturated carbocycles. The van der Waals surface area contributed by atoms with Crippen LogP contribution in [0.25, 0.3) is 0 Å². The molecule has 2 fully saturated rings. The van der Waals surface area contributed by atoms with Crippen LogP contribution >= 0.6 is 0 Å². The minimum absolute atomic E-state index is 0.188. The number of carbonyl (C=O) groups excluding carboxylic acids is 1. The van der Waals surface area contributed by atoms with Crippen LogP contribution in [0, 0.1) is 0 Å². The lowest BCUT2D eigenvalue weighted by Gasteiger charge is -2.36. The second-order valence-electron chi connectivity index (χ2n) is 4.91. The first kappa shape index (κ1) is 11.5. The molecule has 0 bridgehead atoms. The summed E-state index contributed by atoms with van der Waals surface area (Å²) in [6.45, 7) is 1.78. The van der Waals surface area contributed by atoms with Gasteiger partial charge >= 0.3 is 0 Å². The highest BCUT2D eigenvalue weighted by atomic mass is 16.5. The Hall–Kier alpha value is -1.55. The zero-order valence-corrected chi connectivity index (χ0v) is 10.6. The standard InChI is InChI=1S/C14H18N2O2/c1-18-12-7-3-2-6-11(12)13-14(17)16-8-4-5-10(16)9-15-13/h2-3,6-7,10,13,15H,4-5,8-9H2,1H3. The predicted octanol–water partition coefficient (Wildman–Crippen LogP) is 1.33. The molecule has 2 aliphatic heterocycles. The summed E-state index contributed by atoms with van der Waals surface area (Å²) < 4.78 is 5.35.